The molecule has 2 nitrogen and oxygen atoms in total. The highest BCUT2D eigenvalue weighted by Crippen LogP contribution is 2.22. The van der Waals surface area contributed by atoms with Gasteiger partial charge in [0.05, 0.1) is 0 Å². The van der Waals surface area contributed by atoms with Crippen LogP contribution in [0.3, 0.4) is 0 Å². The van der Waals surface area contributed by atoms with Gasteiger partial charge in [-0.05, 0) is 12.0 Å². The van der Waals surface area contributed by atoms with Crippen molar-refractivity contribution in [2.45, 2.75) is 13.0 Å². The van der Waals surface area contributed by atoms with Crippen molar-refractivity contribution in [3.63, 3.8) is 0 Å². The summed E-state index contributed by atoms with van der Waals surface area (Å²) in [6.07, 6.45) is 0.409. The SMILES string of the molecule is O=C1CC(CCl)CN1Cc1ccc(F)cc1F. The number of benzene rings is 1. The third-order valence-corrected chi connectivity index (χ3v) is 3.33. The van der Waals surface area contributed by atoms with Gasteiger partial charge in [0.1, 0.15) is 11.6 Å². The molecule has 1 aromatic carbocycles. The van der Waals surface area contributed by atoms with E-state index in [2.05, 4.69) is 0 Å². The van der Waals surface area contributed by atoms with Crippen molar-refractivity contribution >= 4 is 17.5 Å². The molecule has 0 N–H and O–H groups in total. The molecule has 17 heavy (non-hydrogen) atoms. The van der Waals surface area contributed by atoms with E-state index in [0.29, 0.717) is 24.4 Å². The molecular weight excluding hydrogens is 248 g/mol. The molecule has 92 valence electrons. The first-order valence-corrected chi connectivity index (χ1v) is 5.91. The zero-order valence-electron chi connectivity index (χ0n) is 9.13. The van der Waals surface area contributed by atoms with Crippen LogP contribution in [0.15, 0.2) is 18.2 Å². The number of hydrogen-bond acceptors (Lipinski definition) is 1. The fraction of sp³-hybridized carbons (Fsp3) is 0.417. The molecule has 0 saturated carbocycles. The van der Waals surface area contributed by atoms with Gasteiger partial charge in [0.15, 0.2) is 0 Å². The second-order valence-corrected chi connectivity index (χ2v) is 4.54. The molecule has 1 aliphatic rings. The lowest BCUT2D eigenvalue weighted by atomic mass is 10.1. The Bertz CT molecular complexity index is 439. The standard InChI is InChI=1S/C12H12ClF2NO/c13-5-8-3-12(17)16(6-8)7-9-1-2-10(14)4-11(9)15/h1-2,4,8H,3,5-7H2. The average molecular weight is 260 g/mol. The molecule has 0 radical (unpaired) electrons. The molecule has 1 heterocycles. The number of carbonyl (C=O) groups is 1. The predicted octanol–water partition coefficient (Wildman–Crippen LogP) is 2.55. The van der Waals surface area contributed by atoms with Crippen molar-refractivity contribution in [3.8, 4) is 0 Å². The molecule has 5 heteroatoms. The second kappa shape index (κ2) is 5.00. The molecule has 0 aromatic heterocycles. The van der Waals surface area contributed by atoms with E-state index < -0.39 is 11.6 Å². The molecule has 1 atom stereocenters. The van der Waals surface area contributed by atoms with Crippen LogP contribution in [0.5, 0.6) is 0 Å². The molecule has 1 amide bonds. The average Bonchev–Trinajstić information content (AvgIpc) is 2.64. The van der Waals surface area contributed by atoms with Crippen LogP contribution in [-0.4, -0.2) is 23.2 Å². The highest BCUT2D eigenvalue weighted by atomic mass is 35.5. The Kier molecular flexibility index (Phi) is 3.62. The van der Waals surface area contributed by atoms with E-state index in [-0.39, 0.29) is 18.4 Å². The minimum Gasteiger partial charge on any atom is -0.338 e. The fourth-order valence-corrected chi connectivity index (χ4v) is 2.17. The van der Waals surface area contributed by atoms with Gasteiger partial charge in [-0.1, -0.05) is 6.07 Å². The van der Waals surface area contributed by atoms with Crippen molar-refractivity contribution in [1.82, 2.24) is 4.90 Å². The third-order valence-electron chi connectivity index (χ3n) is 2.89. The quantitative estimate of drug-likeness (QED) is 0.764. The van der Waals surface area contributed by atoms with Crippen molar-refractivity contribution in [2.75, 3.05) is 12.4 Å². The highest BCUT2D eigenvalue weighted by Gasteiger charge is 2.29. The van der Waals surface area contributed by atoms with Gasteiger partial charge in [-0.3, -0.25) is 4.79 Å². The Labute approximate surface area is 103 Å². The van der Waals surface area contributed by atoms with Crippen LogP contribution in [-0.2, 0) is 11.3 Å². The summed E-state index contributed by atoms with van der Waals surface area (Å²) in [5, 5.41) is 0. The lowest BCUT2D eigenvalue weighted by Gasteiger charge is -2.16. The smallest absolute Gasteiger partial charge is 0.223 e. The van der Waals surface area contributed by atoms with Crippen molar-refractivity contribution in [1.29, 1.82) is 0 Å². The highest BCUT2D eigenvalue weighted by molar-refractivity contribution is 6.18. The van der Waals surface area contributed by atoms with Crippen LogP contribution in [0.4, 0.5) is 8.78 Å². The Hall–Kier alpha value is -1.16. The van der Waals surface area contributed by atoms with E-state index in [1.807, 2.05) is 0 Å². The summed E-state index contributed by atoms with van der Waals surface area (Å²) in [6.45, 7) is 0.720. The lowest BCUT2D eigenvalue weighted by Crippen LogP contribution is -2.25. The summed E-state index contributed by atoms with van der Waals surface area (Å²) in [7, 11) is 0. The van der Waals surface area contributed by atoms with Crippen LogP contribution >= 0.6 is 11.6 Å². The van der Waals surface area contributed by atoms with Gasteiger partial charge in [0, 0.05) is 37.0 Å². The molecule has 1 aliphatic heterocycles. The molecule has 2 rings (SSSR count). The van der Waals surface area contributed by atoms with E-state index in [4.69, 9.17) is 11.6 Å². The minimum atomic E-state index is -0.618. The van der Waals surface area contributed by atoms with Gasteiger partial charge < -0.3 is 4.90 Å². The number of halogens is 3. The van der Waals surface area contributed by atoms with Crippen LogP contribution in [0.1, 0.15) is 12.0 Å². The molecule has 1 aromatic rings. The Morgan fingerprint density at radius 1 is 1.41 bits per heavy atom. The zero-order chi connectivity index (χ0) is 12.4. The maximum atomic E-state index is 13.4. The summed E-state index contributed by atoms with van der Waals surface area (Å²) in [5.41, 5.74) is 0.329. The molecule has 1 unspecified atom stereocenters. The first-order chi connectivity index (χ1) is 8.10. The van der Waals surface area contributed by atoms with Crippen LogP contribution < -0.4 is 0 Å². The van der Waals surface area contributed by atoms with Crippen molar-refractivity contribution < 1.29 is 13.6 Å². The fourth-order valence-electron chi connectivity index (χ4n) is 1.97. The number of carbonyl (C=O) groups excluding carboxylic acids is 1. The van der Waals surface area contributed by atoms with E-state index in [1.54, 1.807) is 4.90 Å². The van der Waals surface area contributed by atoms with Crippen LogP contribution in [0, 0.1) is 17.6 Å². The van der Waals surface area contributed by atoms with Crippen LogP contribution in [0.25, 0.3) is 0 Å². The number of nitrogens with zero attached hydrogens (tertiary/aromatic N) is 1. The number of hydrogen-bond donors (Lipinski definition) is 0. The maximum absolute atomic E-state index is 13.4. The van der Waals surface area contributed by atoms with Crippen molar-refractivity contribution in [2.24, 2.45) is 5.92 Å². The van der Waals surface area contributed by atoms with E-state index in [1.165, 1.54) is 12.1 Å². The topological polar surface area (TPSA) is 20.3 Å². The van der Waals surface area contributed by atoms with Gasteiger partial charge in [-0.15, -0.1) is 11.6 Å². The summed E-state index contributed by atoms with van der Waals surface area (Å²) in [6, 6.07) is 3.39. The van der Waals surface area contributed by atoms with Gasteiger partial charge in [-0.2, -0.15) is 0 Å². The molecule has 1 saturated heterocycles. The van der Waals surface area contributed by atoms with Gasteiger partial charge in [0.25, 0.3) is 0 Å². The molecule has 0 aliphatic carbocycles. The first-order valence-electron chi connectivity index (χ1n) is 5.38. The normalized spacial score (nSPS) is 20.1. The van der Waals surface area contributed by atoms with Crippen molar-refractivity contribution in [3.05, 3.63) is 35.4 Å². The molecule has 0 bridgehead atoms. The molecule has 1 fully saturated rings. The number of likely N-dealkylation sites (tertiary alicyclic amines) is 1. The maximum Gasteiger partial charge on any atom is 0.223 e. The van der Waals surface area contributed by atoms with Gasteiger partial charge >= 0.3 is 0 Å². The van der Waals surface area contributed by atoms with Gasteiger partial charge in [-0.25, -0.2) is 8.78 Å². The van der Waals surface area contributed by atoms with E-state index in [9.17, 15) is 13.6 Å². The number of rotatable bonds is 3. The molecular formula is C12H12ClF2NO. The Morgan fingerprint density at radius 3 is 2.76 bits per heavy atom. The van der Waals surface area contributed by atoms with E-state index in [0.717, 1.165) is 6.07 Å². The minimum absolute atomic E-state index is 0.0284. The lowest BCUT2D eigenvalue weighted by molar-refractivity contribution is -0.128. The van der Waals surface area contributed by atoms with E-state index >= 15 is 0 Å². The first kappa shape index (κ1) is 12.3. The summed E-state index contributed by atoms with van der Waals surface area (Å²) in [4.78, 5) is 13.2. The number of alkyl halides is 1. The summed E-state index contributed by atoms with van der Waals surface area (Å²) >= 11 is 5.69. The summed E-state index contributed by atoms with van der Waals surface area (Å²) < 4.78 is 26.1. The van der Waals surface area contributed by atoms with Gasteiger partial charge in [0.2, 0.25) is 5.91 Å². The number of amides is 1. The zero-order valence-corrected chi connectivity index (χ0v) is 9.88. The van der Waals surface area contributed by atoms with Crippen LogP contribution in [0.2, 0.25) is 0 Å². The Balaban J connectivity index is 2.08. The monoisotopic (exact) mass is 259 g/mol. The Morgan fingerprint density at radius 2 is 2.18 bits per heavy atom. The second-order valence-electron chi connectivity index (χ2n) is 4.23. The summed E-state index contributed by atoms with van der Waals surface area (Å²) in [5.74, 6) is -0.703. The third kappa shape index (κ3) is 2.75. The predicted molar refractivity (Wildman–Crippen MR) is 60.6 cm³/mol. The molecule has 0 spiro atoms. The largest absolute Gasteiger partial charge is 0.338 e.